The number of rotatable bonds is 7. The Hall–Kier alpha value is -2.77. The minimum atomic E-state index is -1.18. The monoisotopic (exact) mass is 295 g/mol. The summed E-state index contributed by atoms with van der Waals surface area (Å²) in [6.07, 6.45) is 0.584. The third-order valence-corrected chi connectivity index (χ3v) is 2.59. The van der Waals surface area contributed by atoms with Crippen LogP contribution in [0.4, 0.5) is 10.5 Å². The van der Waals surface area contributed by atoms with Gasteiger partial charge >= 0.3 is 12.0 Å². The second-order valence-corrected chi connectivity index (χ2v) is 4.17. The molecule has 0 heterocycles. The van der Waals surface area contributed by atoms with E-state index in [1.807, 2.05) is 0 Å². The van der Waals surface area contributed by atoms with Gasteiger partial charge < -0.3 is 26.2 Å². The van der Waals surface area contributed by atoms with Crippen LogP contribution in [0, 0.1) is 0 Å². The van der Waals surface area contributed by atoms with Crippen LogP contribution in [0.1, 0.15) is 23.2 Å². The molecule has 8 heteroatoms. The lowest BCUT2D eigenvalue weighted by Crippen LogP contribution is -2.30. The number of carbonyl (C=O) groups excluding carboxylic acids is 2. The zero-order valence-electron chi connectivity index (χ0n) is 11.5. The van der Waals surface area contributed by atoms with E-state index in [0.29, 0.717) is 12.2 Å². The van der Waals surface area contributed by atoms with E-state index >= 15 is 0 Å². The molecule has 5 N–H and O–H groups in total. The van der Waals surface area contributed by atoms with Gasteiger partial charge in [0.1, 0.15) is 5.75 Å². The van der Waals surface area contributed by atoms with E-state index in [4.69, 9.17) is 15.6 Å². The van der Waals surface area contributed by atoms with Crippen LogP contribution in [0.2, 0.25) is 0 Å². The molecule has 0 spiro atoms. The first-order chi connectivity index (χ1) is 9.93. The van der Waals surface area contributed by atoms with Gasteiger partial charge in [0, 0.05) is 13.0 Å². The maximum absolute atomic E-state index is 11.6. The first-order valence-electron chi connectivity index (χ1n) is 6.18. The van der Waals surface area contributed by atoms with Gasteiger partial charge in [-0.25, -0.2) is 9.59 Å². The van der Waals surface area contributed by atoms with Gasteiger partial charge in [-0.3, -0.25) is 4.79 Å². The van der Waals surface area contributed by atoms with E-state index in [2.05, 4.69) is 10.6 Å². The number of aromatic carboxylic acids is 1. The summed E-state index contributed by atoms with van der Waals surface area (Å²) in [5, 5.41) is 14.0. The van der Waals surface area contributed by atoms with Crippen LogP contribution >= 0.6 is 0 Å². The number of urea groups is 1. The minimum Gasteiger partial charge on any atom is -0.497 e. The Labute approximate surface area is 121 Å². The smallest absolute Gasteiger partial charge is 0.337 e. The van der Waals surface area contributed by atoms with E-state index < -0.39 is 17.9 Å². The molecule has 3 amide bonds. The van der Waals surface area contributed by atoms with E-state index in [-0.39, 0.29) is 24.2 Å². The number of carbonyl (C=O) groups is 3. The molecule has 0 saturated carbocycles. The number of carboxylic acid groups (broad SMARTS) is 1. The van der Waals surface area contributed by atoms with Gasteiger partial charge in [-0.2, -0.15) is 0 Å². The Morgan fingerprint density at radius 2 is 2.05 bits per heavy atom. The van der Waals surface area contributed by atoms with Crippen molar-refractivity contribution in [3.63, 3.8) is 0 Å². The average Bonchev–Trinajstić information content (AvgIpc) is 2.43. The van der Waals surface area contributed by atoms with Crippen molar-refractivity contribution in [2.24, 2.45) is 5.73 Å². The number of carboxylic acids is 1. The highest BCUT2D eigenvalue weighted by atomic mass is 16.5. The largest absolute Gasteiger partial charge is 0.497 e. The Kier molecular flexibility index (Phi) is 5.99. The van der Waals surface area contributed by atoms with Gasteiger partial charge in [0.15, 0.2) is 0 Å². The summed E-state index contributed by atoms with van der Waals surface area (Å²) in [4.78, 5) is 33.3. The molecular formula is C13H17N3O5. The molecule has 0 atom stereocenters. The fourth-order valence-corrected chi connectivity index (χ4v) is 1.57. The second-order valence-electron chi connectivity index (χ2n) is 4.17. The number of benzene rings is 1. The summed E-state index contributed by atoms with van der Waals surface area (Å²) >= 11 is 0. The maximum atomic E-state index is 11.6. The second kappa shape index (κ2) is 7.73. The highest BCUT2D eigenvalue weighted by molar-refractivity contribution is 6.00. The molecular weight excluding hydrogens is 278 g/mol. The molecule has 0 fully saturated rings. The number of hydrogen-bond acceptors (Lipinski definition) is 4. The van der Waals surface area contributed by atoms with Crippen LogP contribution in [-0.4, -0.2) is 36.7 Å². The van der Waals surface area contributed by atoms with Crippen LogP contribution in [0.5, 0.6) is 5.75 Å². The number of amides is 3. The van der Waals surface area contributed by atoms with Crippen molar-refractivity contribution in [2.45, 2.75) is 12.8 Å². The third-order valence-electron chi connectivity index (χ3n) is 2.59. The molecule has 0 saturated heterocycles. The first kappa shape index (κ1) is 16.3. The molecule has 0 aromatic heterocycles. The van der Waals surface area contributed by atoms with Gasteiger partial charge in [-0.05, 0) is 24.6 Å². The molecule has 0 radical (unpaired) electrons. The average molecular weight is 295 g/mol. The molecule has 1 aromatic carbocycles. The molecule has 1 rings (SSSR count). The topological polar surface area (TPSA) is 131 Å². The number of nitrogens with one attached hydrogen (secondary N) is 2. The lowest BCUT2D eigenvalue weighted by molar-refractivity contribution is -0.118. The lowest BCUT2D eigenvalue weighted by Gasteiger charge is -2.11. The van der Waals surface area contributed by atoms with E-state index in [0.717, 1.165) is 0 Å². The van der Waals surface area contributed by atoms with Crippen molar-refractivity contribution < 1.29 is 24.2 Å². The minimum absolute atomic E-state index is 0.0818. The van der Waals surface area contributed by atoms with Gasteiger partial charge in [0.05, 0.1) is 18.4 Å². The third kappa shape index (κ3) is 5.39. The van der Waals surface area contributed by atoms with Gasteiger partial charge in [-0.1, -0.05) is 0 Å². The molecule has 0 aliphatic heterocycles. The molecule has 0 bridgehead atoms. The fourth-order valence-electron chi connectivity index (χ4n) is 1.57. The number of primary amides is 1. The highest BCUT2D eigenvalue weighted by Crippen LogP contribution is 2.22. The van der Waals surface area contributed by atoms with Gasteiger partial charge in [0.2, 0.25) is 5.91 Å². The first-order valence-corrected chi connectivity index (χ1v) is 6.18. The summed E-state index contributed by atoms with van der Waals surface area (Å²) in [5.74, 6) is -1.25. The number of nitrogens with two attached hydrogens (primary N) is 1. The number of ether oxygens (including phenoxy) is 1. The summed E-state index contributed by atoms with van der Waals surface area (Å²) in [5.41, 5.74) is 5.04. The summed E-state index contributed by atoms with van der Waals surface area (Å²) < 4.78 is 4.93. The predicted octanol–water partition coefficient (Wildman–Crippen LogP) is 0.780. The SMILES string of the molecule is COc1ccc(NC(=O)NCCCC(N)=O)c(C(=O)O)c1. The van der Waals surface area contributed by atoms with Crippen LogP contribution in [0.15, 0.2) is 18.2 Å². The van der Waals surface area contributed by atoms with Crippen LogP contribution in [0.3, 0.4) is 0 Å². The van der Waals surface area contributed by atoms with Crippen molar-refractivity contribution in [3.8, 4) is 5.75 Å². The van der Waals surface area contributed by atoms with Gasteiger partial charge in [0.25, 0.3) is 0 Å². The van der Waals surface area contributed by atoms with Gasteiger partial charge in [-0.15, -0.1) is 0 Å². The maximum Gasteiger partial charge on any atom is 0.337 e. The Bertz CT molecular complexity index is 545. The van der Waals surface area contributed by atoms with Crippen molar-refractivity contribution in [3.05, 3.63) is 23.8 Å². The van der Waals surface area contributed by atoms with Crippen molar-refractivity contribution in [1.82, 2.24) is 5.32 Å². The Morgan fingerprint density at radius 1 is 1.33 bits per heavy atom. The molecule has 114 valence electrons. The van der Waals surface area contributed by atoms with Crippen molar-refractivity contribution >= 4 is 23.6 Å². The fraction of sp³-hybridized carbons (Fsp3) is 0.308. The van der Waals surface area contributed by atoms with E-state index in [9.17, 15) is 14.4 Å². The Morgan fingerprint density at radius 3 is 2.62 bits per heavy atom. The summed E-state index contributed by atoms with van der Waals surface area (Å²) in [7, 11) is 1.42. The molecule has 1 aromatic rings. The van der Waals surface area contributed by atoms with E-state index in [1.165, 1.54) is 25.3 Å². The van der Waals surface area contributed by atoms with Crippen LogP contribution < -0.4 is 21.1 Å². The molecule has 8 nitrogen and oxygen atoms in total. The number of hydrogen-bond donors (Lipinski definition) is 4. The number of anilines is 1. The molecule has 0 aliphatic rings. The zero-order chi connectivity index (χ0) is 15.8. The Balaban J connectivity index is 2.63. The normalized spacial score (nSPS) is 9.76. The lowest BCUT2D eigenvalue weighted by atomic mass is 10.1. The van der Waals surface area contributed by atoms with E-state index in [1.54, 1.807) is 0 Å². The summed E-state index contributed by atoms with van der Waals surface area (Å²) in [6, 6.07) is 3.72. The standard InChI is InChI=1S/C13H17N3O5/c1-21-8-4-5-10(9(7-8)12(18)19)16-13(20)15-6-2-3-11(14)17/h4-5,7H,2-3,6H2,1H3,(H2,14,17)(H,18,19)(H2,15,16,20). The number of methoxy groups -OCH3 is 1. The summed E-state index contributed by atoms with van der Waals surface area (Å²) in [6.45, 7) is 0.257. The molecule has 0 unspecified atom stereocenters. The van der Waals surface area contributed by atoms with Crippen LogP contribution in [0.25, 0.3) is 0 Å². The van der Waals surface area contributed by atoms with Crippen molar-refractivity contribution in [1.29, 1.82) is 0 Å². The highest BCUT2D eigenvalue weighted by Gasteiger charge is 2.13. The quantitative estimate of drug-likeness (QED) is 0.552. The predicted molar refractivity (Wildman–Crippen MR) is 75.4 cm³/mol. The van der Waals surface area contributed by atoms with Crippen LogP contribution in [-0.2, 0) is 4.79 Å². The zero-order valence-corrected chi connectivity index (χ0v) is 11.5. The molecule has 0 aliphatic carbocycles. The van der Waals surface area contributed by atoms with Crippen molar-refractivity contribution in [2.75, 3.05) is 19.0 Å². The molecule has 21 heavy (non-hydrogen) atoms.